The molecule has 1 aromatic rings. The smallest absolute Gasteiger partial charge is 0.326 e. The minimum Gasteiger partial charge on any atom is -0.480 e. The van der Waals surface area contributed by atoms with Gasteiger partial charge in [0.05, 0.1) is 5.56 Å². The monoisotopic (exact) mass is 411 g/mol. The lowest BCUT2D eigenvalue weighted by atomic mass is 10.1. The van der Waals surface area contributed by atoms with Gasteiger partial charge in [-0.25, -0.2) is 4.79 Å². The zero-order chi connectivity index (χ0) is 13.0. The van der Waals surface area contributed by atoms with Crippen molar-refractivity contribution in [2.45, 2.75) is 19.4 Å². The Balaban J connectivity index is 2.89. The number of aliphatic carboxylic acids is 1. The third kappa shape index (κ3) is 3.95. The second kappa shape index (κ2) is 6.34. The zero-order valence-corrected chi connectivity index (χ0v) is 12.8. The average Bonchev–Trinajstić information content (AvgIpc) is 2.28. The fourth-order valence-corrected chi connectivity index (χ4v) is 2.16. The van der Waals surface area contributed by atoms with Gasteiger partial charge >= 0.3 is 5.97 Å². The molecule has 0 fully saturated rings. The van der Waals surface area contributed by atoms with Crippen LogP contribution < -0.4 is 5.32 Å². The predicted molar refractivity (Wildman–Crippen MR) is 76.0 cm³/mol. The molecule has 0 saturated carbocycles. The molecule has 0 spiro atoms. The van der Waals surface area contributed by atoms with Crippen molar-refractivity contribution in [2.24, 2.45) is 0 Å². The summed E-state index contributed by atoms with van der Waals surface area (Å²) in [6.07, 6.45) is 0.350. The summed E-state index contributed by atoms with van der Waals surface area (Å²) in [4.78, 5) is 22.7. The second-order valence-electron chi connectivity index (χ2n) is 3.40. The number of carboxylic acids is 1. The highest BCUT2D eigenvalue weighted by molar-refractivity contribution is 14.1. The van der Waals surface area contributed by atoms with Crippen molar-refractivity contribution in [3.63, 3.8) is 0 Å². The average molecular weight is 412 g/mol. The van der Waals surface area contributed by atoms with Gasteiger partial charge in [0.15, 0.2) is 0 Å². The van der Waals surface area contributed by atoms with E-state index in [0.717, 1.165) is 3.57 Å². The van der Waals surface area contributed by atoms with Gasteiger partial charge in [-0.1, -0.05) is 6.92 Å². The van der Waals surface area contributed by atoms with E-state index in [-0.39, 0.29) is 5.91 Å². The number of benzene rings is 1. The standard InChI is InChI=1S/C11H11BrINO3/c1-2-9(11(16)17)14-10(15)7-5-6(13)3-4-8(7)12/h3-5,9H,2H2,1H3,(H,14,15)(H,16,17). The van der Waals surface area contributed by atoms with Crippen LogP contribution in [0.2, 0.25) is 0 Å². The molecule has 4 nitrogen and oxygen atoms in total. The van der Waals surface area contributed by atoms with E-state index in [1.165, 1.54) is 0 Å². The molecular formula is C11H11BrINO3. The first-order valence-corrected chi connectivity index (χ1v) is 6.81. The van der Waals surface area contributed by atoms with E-state index in [2.05, 4.69) is 43.8 Å². The zero-order valence-electron chi connectivity index (χ0n) is 9.04. The maximum Gasteiger partial charge on any atom is 0.326 e. The highest BCUT2D eigenvalue weighted by Crippen LogP contribution is 2.19. The third-order valence-electron chi connectivity index (χ3n) is 2.18. The fourth-order valence-electron chi connectivity index (χ4n) is 1.25. The van der Waals surface area contributed by atoms with Gasteiger partial charge in [0.25, 0.3) is 5.91 Å². The van der Waals surface area contributed by atoms with E-state index in [9.17, 15) is 9.59 Å². The number of rotatable bonds is 4. The van der Waals surface area contributed by atoms with E-state index in [4.69, 9.17) is 5.11 Å². The van der Waals surface area contributed by atoms with Crippen molar-refractivity contribution in [1.29, 1.82) is 0 Å². The molecule has 1 unspecified atom stereocenters. The molecule has 17 heavy (non-hydrogen) atoms. The Morgan fingerprint density at radius 3 is 2.71 bits per heavy atom. The summed E-state index contributed by atoms with van der Waals surface area (Å²) in [6, 6.07) is 4.47. The maximum absolute atomic E-state index is 11.9. The van der Waals surface area contributed by atoms with Gasteiger partial charge in [-0.15, -0.1) is 0 Å². The van der Waals surface area contributed by atoms with Crippen LogP contribution in [-0.2, 0) is 4.79 Å². The Bertz CT molecular complexity index is 450. The Kier molecular flexibility index (Phi) is 5.38. The van der Waals surface area contributed by atoms with Crippen LogP contribution in [0.25, 0.3) is 0 Å². The van der Waals surface area contributed by atoms with E-state index < -0.39 is 12.0 Å². The molecule has 0 aliphatic rings. The topological polar surface area (TPSA) is 66.4 Å². The largest absolute Gasteiger partial charge is 0.480 e. The van der Waals surface area contributed by atoms with Crippen molar-refractivity contribution in [3.8, 4) is 0 Å². The van der Waals surface area contributed by atoms with Crippen LogP contribution in [-0.4, -0.2) is 23.0 Å². The molecular weight excluding hydrogens is 401 g/mol. The number of carbonyl (C=O) groups is 2. The predicted octanol–water partition coefficient (Wildman–Crippen LogP) is 2.65. The Morgan fingerprint density at radius 2 is 2.18 bits per heavy atom. The minimum absolute atomic E-state index is 0.350. The van der Waals surface area contributed by atoms with Crippen LogP contribution in [0, 0.1) is 3.57 Å². The summed E-state index contributed by atoms with van der Waals surface area (Å²) in [6.45, 7) is 1.71. The number of hydrogen-bond donors (Lipinski definition) is 2. The van der Waals surface area contributed by atoms with E-state index in [1.54, 1.807) is 19.1 Å². The lowest BCUT2D eigenvalue weighted by molar-refractivity contribution is -0.139. The number of hydrogen-bond acceptors (Lipinski definition) is 2. The number of halogens is 2. The van der Waals surface area contributed by atoms with Gasteiger partial charge in [-0.2, -0.15) is 0 Å². The van der Waals surface area contributed by atoms with E-state index in [1.807, 2.05) is 6.07 Å². The molecule has 2 N–H and O–H groups in total. The minimum atomic E-state index is -1.03. The van der Waals surface area contributed by atoms with Gasteiger partial charge in [-0.05, 0) is 63.1 Å². The molecule has 1 atom stereocenters. The van der Waals surface area contributed by atoms with Crippen LogP contribution in [0.15, 0.2) is 22.7 Å². The van der Waals surface area contributed by atoms with Crippen molar-refractivity contribution in [1.82, 2.24) is 5.32 Å². The first-order valence-electron chi connectivity index (χ1n) is 4.94. The van der Waals surface area contributed by atoms with Crippen LogP contribution in [0.3, 0.4) is 0 Å². The molecule has 1 rings (SSSR count). The molecule has 0 aliphatic heterocycles. The lowest BCUT2D eigenvalue weighted by Crippen LogP contribution is -2.40. The normalized spacial score (nSPS) is 11.9. The highest BCUT2D eigenvalue weighted by Gasteiger charge is 2.19. The summed E-state index contributed by atoms with van der Waals surface area (Å²) < 4.78 is 1.56. The van der Waals surface area contributed by atoms with Crippen molar-refractivity contribution in [3.05, 3.63) is 31.8 Å². The first-order chi connectivity index (χ1) is 7.95. The molecule has 0 aliphatic carbocycles. The molecule has 0 bridgehead atoms. The van der Waals surface area contributed by atoms with E-state index >= 15 is 0 Å². The quantitative estimate of drug-likeness (QED) is 0.748. The summed E-state index contributed by atoms with van der Waals surface area (Å²) in [5.41, 5.74) is 0.441. The van der Waals surface area contributed by atoms with Crippen molar-refractivity contribution in [2.75, 3.05) is 0 Å². The summed E-state index contributed by atoms with van der Waals surface area (Å²) in [7, 11) is 0. The number of carbonyl (C=O) groups excluding carboxylic acids is 1. The Hall–Kier alpha value is -0.630. The fraction of sp³-hybridized carbons (Fsp3) is 0.273. The van der Waals surface area contributed by atoms with Gasteiger partial charge < -0.3 is 10.4 Å². The Morgan fingerprint density at radius 1 is 1.53 bits per heavy atom. The number of amides is 1. The van der Waals surface area contributed by atoms with Crippen molar-refractivity contribution < 1.29 is 14.7 Å². The molecule has 1 amide bonds. The Labute approximate surface area is 121 Å². The molecule has 0 radical (unpaired) electrons. The van der Waals surface area contributed by atoms with Gasteiger partial charge in [0.2, 0.25) is 0 Å². The van der Waals surface area contributed by atoms with Gasteiger partial charge in [0.1, 0.15) is 6.04 Å². The van der Waals surface area contributed by atoms with Crippen LogP contribution in [0.1, 0.15) is 23.7 Å². The second-order valence-corrected chi connectivity index (χ2v) is 5.50. The summed E-state index contributed by atoms with van der Waals surface area (Å²) >= 11 is 5.36. The first kappa shape index (κ1) is 14.4. The maximum atomic E-state index is 11.9. The molecule has 92 valence electrons. The molecule has 1 aromatic carbocycles. The molecule has 0 heterocycles. The van der Waals surface area contributed by atoms with E-state index in [0.29, 0.717) is 16.5 Å². The summed E-state index contributed by atoms with van der Waals surface area (Å²) in [5.74, 6) is -1.41. The molecule has 0 saturated heterocycles. The van der Waals surface area contributed by atoms with Gasteiger partial charge in [0, 0.05) is 8.04 Å². The molecule has 6 heteroatoms. The van der Waals surface area contributed by atoms with Gasteiger partial charge in [-0.3, -0.25) is 4.79 Å². The number of carboxylic acid groups (broad SMARTS) is 1. The number of nitrogens with one attached hydrogen (secondary N) is 1. The van der Waals surface area contributed by atoms with Crippen LogP contribution >= 0.6 is 38.5 Å². The summed E-state index contributed by atoms with van der Waals surface area (Å²) in [5, 5.41) is 11.3. The third-order valence-corrected chi connectivity index (χ3v) is 3.55. The van der Waals surface area contributed by atoms with Crippen molar-refractivity contribution >= 4 is 50.4 Å². The molecule has 0 aromatic heterocycles. The highest BCUT2D eigenvalue weighted by atomic mass is 127. The van der Waals surface area contributed by atoms with Crippen LogP contribution in [0.5, 0.6) is 0 Å². The SMILES string of the molecule is CCC(NC(=O)c1cc(I)ccc1Br)C(=O)O. The lowest BCUT2D eigenvalue weighted by Gasteiger charge is -2.13. The van der Waals surface area contributed by atoms with Crippen LogP contribution in [0.4, 0.5) is 0 Å².